The Hall–Kier alpha value is -0.120. The number of likely N-dealkylation sites (N-methyl/N-ethyl adjacent to an activating group) is 1. The van der Waals surface area contributed by atoms with Gasteiger partial charge in [0.25, 0.3) is 0 Å². The van der Waals surface area contributed by atoms with Gasteiger partial charge < -0.3 is 15.3 Å². The van der Waals surface area contributed by atoms with Crippen molar-refractivity contribution >= 4 is 0 Å². The second-order valence-corrected chi connectivity index (χ2v) is 4.48. The Labute approximate surface area is 67.4 Å². The zero-order chi connectivity index (χ0) is 8.11. The van der Waals surface area contributed by atoms with Gasteiger partial charge in [-0.3, -0.25) is 0 Å². The van der Waals surface area contributed by atoms with Crippen molar-refractivity contribution < 1.29 is 9.59 Å². The third kappa shape index (κ3) is 0.916. The molecule has 3 N–H and O–H groups in total. The van der Waals surface area contributed by atoms with E-state index in [1.807, 2.05) is 0 Å². The molecule has 2 aliphatic heterocycles. The lowest BCUT2D eigenvalue weighted by atomic mass is 9.88. The molecule has 64 valence electrons. The average molecular weight is 157 g/mol. The lowest BCUT2D eigenvalue weighted by Gasteiger charge is -2.33. The van der Waals surface area contributed by atoms with Gasteiger partial charge in [-0.25, -0.2) is 0 Å². The Bertz CT molecular complexity index is 185. The van der Waals surface area contributed by atoms with Crippen LogP contribution in [-0.2, 0) is 0 Å². The molecule has 2 saturated heterocycles. The first kappa shape index (κ1) is 7.53. The van der Waals surface area contributed by atoms with Gasteiger partial charge >= 0.3 is 0 Å². The van der Waals surface area contributed by atoms with Crippen LogP contribution in [0.2, 0.25) is 0 Å². The minimum Gasteiger partial charge on any atom is -0.382 e. The van der Waals surface area contributed by atoms with Gasteiger partial charge in [-0.05, 0) is 0 Å². The number of quaternary nitrogens is 1. The summed E-state index contributed by atoms with van der Waals surface area (Å²) >= 11 is 0. The summed E-state index contributed by atoms with van der Waals surface area (Å²) < 4.78 is 1.04. The number of hydrogen-bond acceptors (Lipinski definition) is 2. The number of aliphatic hydroxyl groups is 1. The van der Waals surface area contributed by atoms with Crippen molar-refractivity contribution in [2.24, 2.45) is 11.7 Å². The van der Waals surface area contributed by atoms with E-state index in [2.05, 4.69) is 7.05 Å². The average Bonchev–Trinajstić information content (AvgIpc) is 2.41. The molecule has 0 aromatic heterocycles. The third-order valence-corrected chi connectivity index (χ3v) is 3.45. The normalized spacial score (nSPS) is 55.4. The molecule has 2 heterocycles. The molecule has 0 radical (unpaired) electrons. The molecule has 0 unspecified atom stereocenters. The van der Waals surface area contributed by atoms with Crippen molar-refractivity contribution in [1.82, 2.24) is 0 Å². The Morgan fingerprint density at radius 3 is 2.73 bits per heavy atom. The van der Waals surface area contributed by atoms with Crippen molar-refractivity contribution in [3.8, 4) is 0 Å². The lowest BCUT2D eigenvalue weighted by Crippen LogP contribution is -2.53. The summed E-state index contributed by atoms with van der Waals surface area (Å²) in [5, 5.41) is 10.0. The predicted molar refractivity (Wildman–Crippen MR) is 42.9 cm³/mol. The third-order valence-electron chi connectivity index (χ3n) is 3.45. The highest BCUT2D eigenvalue weighted by Gasteiger charge is 2.56. The summed E-state index contributed by atoms with van der Waals surface area (Å²) in [5.74, 6) is 0.470. The first-order valence-corrected chi connectivity index (χ1v) is 4.34. The molecular formula is C8H17N2O+. The number of nitrogens with zero attached hydrogens (tertiary/aromatic N) is 1. The quantitative estimate of drug-likeness (QED) is 0.487. The standard InChI is InChI=1S/C8H17N2O/c1-10-3-2-7(4-10)8(11,5-9)6-10/h7,11H,2-6,9H2,1H3/q+1/t7-,8-,10+/m0/s1. The minimum atomic E-state index is -0.535. The van der Waals surface area contributed by atoms with Gasteiger partial charge in [0, 0.05) is 18.9 Å². The molecule has 0 aromatic rings. The maximum Gasteiger partial charge on any atom is 0.134 e. The fourth-order valence-corrected chi connectivity index (χ4v) is 2.79. The van der Waals surface area contributed by atoms with E-state index in [-0.39, 0.29) is 0 Å². The number of hydrogen-bond donors (Lipinski definition) is 2. The highest BCUT2D eigenvalue weighted by molar-refractivity contribution is 4.95. The highest BCUT2D eigenvalue weighted by atomic mass is 16.3. The highest BCUT2D eigenvalue weighted by Crippen LogP contribution is 2.40. The second-order valence-electron chi connectivity index (χ2n) is 4.48. The molecule has 11 heavy (non-hydrogen) atoms. The maximum atomic E-state index is 10.0. The topological polar surface area (TPSA) is 46.2 Å². The van der Waals surface area contributed by atoms with E-state index in [9.17, 15) is 5.11 Å². The SMILES string of the molecule is C[N@@+]12CC[C@@H](C1)[C@](O)(CN)C2. The van der Waals surface area contributed by atoms with Crippen LogP contribution >= 0.6 is 0 Å². The summed E-state index contributed by atoms with van der Waals surface area (Å²) in [6.07, 6.45) is 1.16. The van der Waals surface area contributed by atoms with E-state index in [0.29, 0.717) is 12.5 Å². The summed E-state index contributed by atoms with van der Waals surface area (Å²) in [6.45, 7) is 3.67. The van der Waals surface area contributed by atoms with E-state index in [4.69, 9.17) is 5.73 Å². The number of nitrogens with two attached hydrogens (primary N) is 1. The van der Waals surface area contributed by atoms with Crippen molar-refractivity contribution in [3.63, 3.8) is 0 Å². The van der Waals surface area contributed by atoms with Crippen molar-refractivity contribution in [3.05, 3.63) is 0 Å². The fraction of sp³-hybridized carbons (Fsp3) is 1.00. The van der Waals surface area contributed by atoms with Crippen LogP contribution < -0.4 is 5.73 Å². The lowest BCUT2D eigenvalue weighted by molar-refractivity contribution is -0.893. The van der Waals surface area contributed by atoms with E-state index >= 15 is 0 Å². The van der Waals surface area contributed by atoms with Gasteiger partial charge in [-0.2, -0.15) is 0 Å². The Balaban J connectivity index is 2.21. The molecule has 0 saturated carbocycles. The van der Waals surface area contributed by atoms with Crippen molar-refractivity contribution in [2.45, 2.75) is 12.0 Å². The van der Waals surface area contributed by atoms with Crippen molar-refractivity contribution in [1.29, 1.82) is 0 Å². The summed E-state index contributed by atoms with van der Waals surface area (Å²) in [6, 6.07) is 0. The molecule has 3 atom stereocenters. The summed E-state index contributed by atoms with van der Waals surface area (Å²) in [7, 11) is 2.22. The Morgan fingerprint density at radius 1 is 1.73 bits per heavy atom. The van der Waals surface area contributed by atoms with Gasteiger partial charge in [-0.15, -0.1) is 0 Å². The van der Waals surface area contributed by atoms with Gasteiger partial charge in [0.05, 0.1) is 20.1 Å². The van der Waals surface area contributed by atoms with E-state index in [1.54, 1.807) is 0 Å². The first-order chi connectivity index (χ1) is 5.08. The molecule has 2 aliphatic rings. The molecule has 2 fully saturated rings. The monoisotopic (exact) mass is 157 g/mol. The Morgan fingerprint density at radius 2 is 2.45 bits per heavy atom. The van der Waals surface area contributed by atoms with Crippen LogP contribution in [0.3, 0.4) is 0 Å². The zero-order valence-corrected chi connectivity index (χ0v) is 7.08. The molecule has 3 nitrogen and oxygen atoms in total. The van der Waals surface area contributed by atoms with Gasteiger partial charge in [0.1, 0.15) is 12.1 Å². The van der Waals surface area contributed by atoms with E-state index in [1.165, 1.54) is 6.54 Å². The number of fused-ring (bicyclic) bond motifs is 2. The molecule has 0 spiro atoms. The van der Waals surface area contributed by atoms with Crippen LogP contribution in [0.15, 0.2) is 0 Å². The number of piperidine rings is 1. The van der Waals surface area contributed by atoms with Crippen LogP contribution in [0, 0.1) is 5.92 Å². The summed E-state index contributed by atoms with van der Waals surface area (Å²) in [5.41, 5.74) is 5.02. The van der Waals surface area contributed by atoms with Crippen LogP contribution in [0.1, 0.15) is 6.42 Å². The molecule has 2 bridgehead atoms. The predicted octanol–water partition coefficient (Wildman–Crippen LogP) is -0.844. The smallest absolute Gasteiger partial charge is 0.134 e. The molecule has 0 amide bonds. The molecule has 2 rings (SSSR count). The Kier molecular flexibility index (Phi) is 1.35. The van der Waals surface area contributed by atoms with Crippen molar-refractivity contribution in [2.75, 3.05) is 33.2 Å². The van der Waals surface area contributed by atoms with Crippen LogP contribution in [0.4, 0.5) is 0 Å². The molecule has 0 aliphatic carbocycles. The van der Waals surface area contributed by atoms with Gasteiger partial charge in [0.15, 0.2) is 0 Å². The molecular weight excluding hydrogens is 140 g/mol. The van der Waals surface area contributed by atoms with Crippen LogP contribution in [0.25, 0.3) is 0 Å². The van der Waals surface area contributed by atoms with Gasteiger partial charge in [0.2, 0.25) is 0 Å². The number of rotatable bonds is 1. The second kappa shape index (κ2) is 1.97. The van der Waals surface area contributed by atoms with E-state index < -0.39 is 5.60 Å². The van der Waals surface area contributed by atoms with Crippen LogP contribution in [0.5, 0.6) is 0 Å². The minimum absolute atomic E-state index is 0.436. The van der Waals surface area contributed by atoms with Gasteiger partial charge in [-0.1, -0.05) is 0 Å². The summed E-state index contributed by atoms with van der Waals surface area (Å²) in [4.78, 5) is 0. The first-order valence-electron chi connectivity index (χ1n) is 4.34. The molecule has 0 aromatic carbocycles. The zero-order valence-electron chi connectivity index (χ0n) is 7.08. The van der Waals surface area contributed by atoms with Crippen LogP contribution in [-0.4, -0.2) is 48.4 Å². The fourth-order valence-electron chi connectivity index (χ4n) is 2.79. The van der Waals surface area contributed by atoms with E-state index in [0.717, 1.165) is 24.0 Å². The maximum absolute atomic E-state index is 10.0. The molecule has 3 heteroatoms. The largest absolute Gasteiger partial charge is 0.382 e.